The van der Waals surface area contributed by atoms with Gasteiger partial charge in [-0.15, -0.1) is 0 Å². The molecule has 2 rings (SSSR count). The maximum atomic E-state index is 5.44. The van der Waals surface area contributed by atoms with E-state index in [1.165, 1.54) is 5.56 Å². The first-order chi connectivity index (χ1) is 8.88. The van der Waals surface area contributed by atoms with Crippen LogP contribution in [-0.2, 0) is 5.41 Å². The normalized spacial score (nSPS) is 11.7. The van der Waals surface area contributed by atoms with Crippen LogP contribution >= 0.6 is 15.9 Å². The van der Waals surface area contributed by atoms with Crippen LogP contribution in [0.5, 0.6) is 5.75 Å². The summed E-state index contributed by atoms with van der Waals surface area (Å²) in [5.74, 6) is 1.76. The Hall–Kier alpha value is -1.29. The molecule has 0 bridgehead atoms. The van der Waals surface area contributed by atoms with Gasteiger partial charge in [-0.25, -0.2) is 4.98 Å². The van der Waals surface area contributed by atoms with E-state index in [0.717, 1.165) is 26.9 Å². The van der Waals surface area contributed by atoms with Crippen molar-refractivity contribution in [1.29, 1.82) is 0 Å². The number of rotatable bonds is 2. The van der Waals surface area contributed by atoms with E-state index in [9.17, 15) is 0 Å². The van der Waals surface area contributed by atoms with Crippen LogP contribution in [0.1, 0.15) is 26.3 Å². The number of fused-ring (bicyclic) bond motifs is 1. The molecule has 4 heteroatoms. The molecular weight excluding hydrogens is 304 g/mol. The van der Waals surface area contributed by atoms with E-state index in [-0.39, 0.29) is 5.41 Å². The van der Waals surface area contributed by atoms with Crippen LogP contribution in [0.2, 0.25) is 0 Å². The zero-order valence-corrected chi connectivity index (χ0v) is 13.6. The van der Waals surface area contributed by atoms with Crippen molar-refractivity contribution in [3.63, 3.8) is 0 Å². The molecule has 19 heavy (non-hydrogen) atoms. The minimum atomic E-state index is 0.0207. The summed E-state index contributed by atoms with van der Waals surface area (Å²) in [7, 11) is 3.59. The topological polar surface area (TPSA) is 34.2 Å². The highest BCUT2D eigenvalue weighted by Gasteiger charge is 2.21. The quantitative estimate of drug-likeness (QED) is 0.892. The number of nitrogens with zero attached hydrogens (tertiary/aromatic N) is 1. The van der Waals surface area contributed by atoms with E-state index < -0.39 is 0 Å². The number of benzene rings is 1. The van der Waals surface area contributed by atoms with Crippen molar-refractivity contribution in [2.45, 2.75) is 26.2 Å². The Morgan fingerprint density at radius 3 is 2.47 bits per heavy atom. The lowest BCUT2D eigenvalue weighted by molar-refractivity contribution is 0.419. The third kappa shape index (κ3) is 2.54. The molecule has 1 aromatic heterocycles. The average Bonchev–Trinajstić information content (AvgIpc) is 2.37. The summed E-state index contributed by atoms with van der Waals surface area (Å²) in [6.45, 7) is 6.55. The number of hydrogen-bond acceptors (Lipinski definition) is 3. The molecule has 0 fully saturated rings. The van der Waals surface area contributed by atoms with Crippen molar-refractivity contribution in [2.24, 2.45) is 0 Å². The molecule has 1 aromatic carbocycles. The minimum Gasteiger partial charge on any atom is -0.496 e. The Bertz CT molecular complexity index is 618. The van der Waals surface area contributed by atoms with Gasteiger partial charge in [-0.1, -0.05) is 20.8 Å². The lowest BCUT2D eigenvalue weighted by Crippen LogP contribution is -2.15. The van der Waals surface area contributed by atoms with Crippen LogP contribution in [0.3, 0.4) is 0 Å². The number of halogens is 1. The molecule has 0 aliphatic heterocycles. The lowest BCUT2D eigenvalue weighted by Gasteiger charge is -2.23. The van der Waals surface area contributed by atoms with Gasteiger partial charge >= 0.3 is 0 Å². The Kier molecular flexibility index (Phi) is 3.72. The standard InChI is InChI=1S/C15H19BrN2O/c1-15(2,3)10-8-9-12(19-5)7-6-11(16)13(9)18-14(10)17-4/h6-8H,1-5H3,(H,17,18). The largest absolute Gasteiger partial charge is 0.496 e. The zero-order valence-electron chi connectivity index (χ0n) is 12.0. The summed E-state index contributed by atoms with van der Waals surface area (Å²) in [6.07, 6.45) is 0. The van der Waals surface area contributed by atoms with Crippen molar-refractivity contribution in [3.05, 3.63) is 28.2 Å². The summed E-state index contributed by atoms with van der Waals surface area (Å²) in [6, 6.07) is 6.09. The van der Waals surface area contributed by atoms with Gasteiger partial charge in [-0.3, -0.25) is 0 Å². The first-order valence-corrected chi connectivity index (χ1v) is 7.03. The molecule has 0 aliphatic carbocycles. The summed E-state index contributed by atoms with van der Waals surface area (Å²) in [5, 5.41) is 4.21. The Balaban J connectivity index is 2.85. The third-order valence-electron chi connectivity index (χ3n) is 3.16. The van der Waals surface area contributed by atoms with E-state index in [1.807, 2.05) is 19.2 Å². The Morgan fingerprint density at radius 2 is 1.95 bits per heavy atom. The lowest BCUT2D eigenvalue weighted by atomic mass is 9.86. The molecule has 2 aromatic rings. The van der Waals surface area contributed by atoms with Gasteiger partial charge in [0.05, 0.1) is 12.6 Å². The summed E-state index contributed by atoms with van der Waals surface area (Å²) in [5.41, 5.74) is 2.11. The molecule has 0 amide bonds. The smallest absolute Gasteiger partial charge is 0.130 e. The Labute approximate surface area is 122 Å². The van der Waals surface area contributed by atoms with Crippen LogP contribution in [-0.4, -0.2) is 19.1 Å². The van der Waals surface area contributed by atoms with Gasteiger partial charge in [0.2, 0.25) is 0 Å². The van der Waals surface area contributed by atoms with E-state index in [2.05, 4.69) is 48.1 Å². The van der Waals surface area contributed by atoms with Crippen LogP contribution in [0, 0.1) is 0 Å². The molecule has 0 aliphatic rings. The number of aromatic nitrogens is 1. The molecular formula is C15H19BrN2O. The monoisotopic (exact) mass is 322 g/mol. The van der Waals surface area contributed by atoms with E-state index in [0.29, 0.717) is 0 Å². The van der Waals surface area contributed by atoms with Gasteiger partial charge < -0.3 is 10.1 Å². The van der Waals surface area contributed by atoms with Gasteiger partial charge in [0.25, 0.3) is 0 Å². The van der Waals surface area contributed by atoms with Crippen molar-refractivity contribution in [1.82, 2.24) is 4.98 Å². The number of anilines is 1. The van der Waals surface area contributed by atoms with E-state index in [4.69, 9.17) is 9.72 Å². The maximum Gasteiger partial charge on any atom is 0.130 e. The zero-order chi connectivity index (χ0) is 14.2. The first-order valence-electron chi connectivity index (χ1n) is 6.24. The predicted molar refractivity (Wildman–Crippen MR) is 84.2 cm³/mol. The summed E-state index contributed by atoms with van der Waals surface area (Å²) < 4.78 is 6.41. The highest BCUT2D eigenvalue weighted by atomic mass is 79.9. The van der Waals surface area contributed by atoms with Crippen molar-refractivity contribution >= 4 is 32.7 Å². The van der Waals surface area contributed by atoms with Gasteiger partial charge in [0, 0.05) is 22.5 Å². The molecule has 0 unspecified atom stereocenters. The average molecular weight is 323 g/mol. The number of ether oxygens (including phenoxy) is 1. The van der Waals surface area contributed by atoms with Gasteiger partial charge in [-0.05, 0) is 39.5 Å². The van der Waals surface area contributed by atoms with E-state index in [1.54, 1.807) is 7.11 Å². The predicted octanol–water partition coefficient (Wildman–Crippen LogP) is 4.35. The second-order valence-electron chi connectivity index (χ2n) is 5.53. The second-order valence-corrected chi connectivity index (χ2v) is 6.38. The molecule has 0 saturated heterocycles. The number of hydrogen-bond donors (Lipinski definition) is 1. The molecule has 0 atom stereocenters. The molecule has 102 valence electrons. The highest BCUT2D eigenvalue weighted by molar-refractivity contribution is 9.10. The fraction of sp³-hybridized carbons (Fsp3) is 0.400. The van der Waals surface area contributed by atoms with Crippen LogP contribution < -0.4 is 10.1 Å². The van der Waals surface area contributed by atoms with Gasteiger partial charge in [-0.2, -0.15) is 0 Å². The first kappa shape index (κ1) is 14.1. The fourth-order valence-electron chi connectivity index (χ4n) is 2.14. The Morgan fingerprint density at radius 1 is 1.26 bits per heavy atom. The molecule has 0 spiro atoms. The van der Waals surface area contributed by atoms with Crippen molar-refractivity contribution in [2.75, 3.05) is 19.5 Å². The minimum absolute atomic E-state index is 0.0207. The van der Waals surface area contributed by atoms with Crippen LogP contribution in [0.4, 0.5) is 5.82 Å². The molecule has 0 radical (unpaired) electrons. The second kappa shape index (κ2) is 5.00. The maximum absolute atomic E-state index is 5.44. The fourth-order valence-corrected chi connectivity index (χ4v) is 2.58. The molecule has 1 N–H and O–H groups in total. The van der Waals surface area contributed by atoms with Gasteiger partial charge in [0.1, 0.15) is 11.6 Å². The summed E-state index contributed by atoms with van der Waals surface area (Å²) in [4.78, 5) is 4.73. The van der Waals surface area contributed by atoms with Crippen LogP contribution in [0.25, 0.3) is 10.9 Å². The highest BCUT2D eigenvalue weighted by Crippen LogP contribution is 2.37. The number of pyridine rings is 1. The van der Waals surface area contributed by atoms with Crippen LogP contribution in [0.15, 0.2) is 22.7 Å². The van der Waals surface area contributed by atoms with Crippen molar-refractivity contribution < 1.29 is 4.74 Å². The van der Waals surface area contributed by atoms with Crippen molar-refractivity contribution in [3.8, 4) is 5.75 Å². The van der Waals surface area contributed by atoms with Gasteiger partial charge in [0.15, 0.2) is 0 Å². The third-order valence-corrected chi connectivity index (χ3v) is 3.80. The molecule has 3 nitrogen and oxygen atoms in total. The number of nitrogens with one attached hydrogen (secondary N) is 1. The molecule has 0 saturated carbocycles. The SMILES string of the molecule is CNc1nc2c(Br)ccc(OC)c2cc1C(C)(C)C. The number of methoxy groups -OCH3 is 1. The summed E-state index contributed by atoms with van der Waals surface area (Å²) >= 11 is 3.55. The van der Waals surface area contributed by atoms with E-state index >= 15 is 0 Å². The molecule has 1 heterocycles.